The lowest BCUT2D eigenvalue weighted by atomic mass is 10.1. The summed E-state index contributed by atoms with van der Waals surface area (Å²) < 4.78 is 6.56. The van der Waals surface area contributed by atoms with Gasteiger partial charge in [0.15, 0.2) is 0 Å². The topological polar surface area (TPSA) is 73.2 Å². The van der Waals surface area contributed by atoms with Crippen molar-refractivity contribution < 1.29 is 9.53 Å². The largest absolute Gasteiger partial charge is 0.494 e. The molecule has 3 aromatic rings. The first-order valence-electron chi connectivity index (χ1n) is 8.83. The van der Waals surface area contributed by atoms with Gasteiger partial charge in [0.05, 0.1) is 12.3 Å². The molecule has 28 heavy (non-hydrogen) atoms. The number of benzene rings is 2. The second-order valence-electron chi connectivity index (χ2n) is 6.18. The van der Waals surface area contributed by atoms with E-state index in [9.17, 15) is 9.59 Å². The maximum absolute atomic E-state index is 12.3. The number of amides is 1. The lowest BCUT2D eigenvalue weighted by molar-refractivity contribution is -0.117. The zero-order valence-electron chi connectivity index (χ0n) is 15.6. The molecule has 0 unspecified atom stereocenters. The Morgan fingerprint density at radius 1 is 1.14 bits per heavy atom. The van der Waals surface area contributed by atoms with E-state index in [0.29, 0.717) is 23.0 Å². The number of hydrogen-bond acceptors (Lipinski definition) is 4. The highest BCUT2D eigenvalue weighted by Gasteiger charge is 2.09. The van der Waals surface area contributed by atoms with Crippen molar-refractivity contribution in [2.45, 2.75) is 20.4 Å². The van der Waals surface area contributed by atoms with Gasteiger partial charge in [-0.1, -0.05) is 17.7 Å². The molecule has 1 heterocycles. The maximum atomic E-state index is 12.3. The van der Waals surface area contributed by atoms with Crippen LogP contribution in [-0.2, 0) is 11.3 Å². The Bertz CT molecular complexity index is 1050. The van der Waals surface area contributed by atoms with Gasteiger partial charge in [0.25, 0.3) is 5.56 Å². The van der Waals surface area contributed by atoms with Crippen molar-refractivity contribution in [2.24, 2.45) is 0 Å². The molecule has 7 heteroatoms. The molecule has 0 saturated heterocycles. The minimum atomic E-state index is -0.363. The molecule has 0 bridgehead atoms. The standard InChI is InChI=1S/C21H20ClN3O3/c1-3-28-17-8-5-15(6-9-17)19-10-11-21(27)25(24-19)13-20(26)23-16-7-4-14(2)18(22)12-16/h4-12H,3,13H2,1-2H3,(H,23,26). The van der Waals surface area contributed by atoms with Gasteiger partial charge in [-0.3, -0.25) is 9.59 Å². The van der Waals surface area contributed by atoms with Crippen LogP contribution in [0.4, 0.5) is 5.69 Å². The third kappa shape index (κ3) is 4.78. The van der Waals surface area contributed by atoms with Crippen LogP contribution in [0.2, 0.25) is 5.02 Å². The summed E-state index contributed by atoms with van der Waals surface area (Å²) in [7, 11) is 0. The molecule has 6 nitrogen and oxygen atoms in total. The number of aromatic nitrogens is 2. The highest BCUT2D eigenvalue weighted by molar-refractivity contribution is 6.31. The van der Waals surface area contributed by atoms with E-state index in [0.717, 1.165) is 21.6 Å². The van der Waals surface area contributed by atoms with Crippen LogP contribution in [0.5, 0.6) is 5.75 Å². The summed E-state index contributed by atoms with van der Waals surface area (Å²) in [5.74, 6) is 0.397. The fraction of sp³-hybridized carbons (Fsp3) is 0.190. The highest BCUT2D eigenvalue weighted by Crippen LogP contribution is 2.21. The first kappa shape index (κ1) is 19.6. The van der Waals surface area contributed by atoms with Gasteiger partial charge in [0, 0.05) is 22.3 Å². The summed E-state index contributed by atoms with van der Waals surface area (Å²) in [6.45, 7) is 4.18. The monoisotopic (exact) mass is 397 g/mol. The Morgan fingerprint density at radius 3 is 2.57 bits per heavy atom. The molecule has 0 aliphatic carbocycles. The molecule has 0 aliphatic heterocycles. The SMILES string of the molecule is CCOc1ccc(-c2ccc(=O)n(CC(=O)Nc3ccc(C)c(Cl)c3)n2)cc1. The number of carbonyl (C=O) groups is 1. The van der Waals surface area contributed by atoms with Crippen LogP contribution < -0.4 is 15.6 Å². The van der Waals surface area contributed by atoms with Gasteiger partial charge in [-0.2, -0.15) is 5.10 Å². The third-order valence-electron chi connectivity index (χ3n) is 4.08. The van der Waals surface area contributed by atoms with E-state index < -0.39 is 0 Å². The van der Waals surface area contributed by atoms with Crippen molar-refractivity contribution in [1.82, 2.24) is 9.78 Å². The Kier molecular flexibility index (Phi) is 6.11. The minimum absolute atomic E-state index is 0.199. The molecule has 1 N–H and O–H groups in total. The maximum Gasteiger partial charge on any atom is 0.267 e. The molecule has 0 saturated carbocycles. The molecule has 3 rings (SSSR count). The predicted molar refractivity (Wildman–Crippen MR) is 110 cm³/mol. The lowest BCUT2D eigenvalue weighted by Gasteiger charge is -2.09. The second-order valence-corrected chi connectivity index (χ2v) is 6.59. The number of carbonyl (C=O) groups excluding carboxylic acids is 1. The van der Waals surface area contributed by atoms with Crippen molar-refractivity contribution >= 4 is 23.2 Å². The summed E-state index contributed by atoms with van der Waals surface area (Å²) in [5.41, 5.74) is 2.54. The Balaban J connectivity index is 1.76. The number of nitrogens with zero attached hydrogens (tertiary/aromatic N) is 2. The first-order valence-corrected chi connectivity index (χ1v) is 9.21. The molecule has 1 aromatic heterocycles. The molecule has 0 spiro atoms. The first-order chi connectivity index (χ1) is 13.5. The number of anilines is 1. The average molecular weight is 398 g/mol. The van der Waals surface area contributed by atoms with Crippen molar-refractivity contribution in [3.8, 4) is 17.0 Å². The fourth-order valence-corrected chi connectivity index (χ4v) is 2.79. The summed E-state index contributed by atoms with van der Waals surface area (Å²) in [5, 5.41) is 7.60. The van der Waals surface area contributed by atoms with Gasteiger partial charge < -0.3 is 10.1 Å². The van der Waals surface area contributed by atoms with Gasteiger partial charge >= 0.3 is 0 Å². The molecule has 0 atom stereocenters. The molecular formula is C21H20ClN3O3. The molecule has 144 valence electrons. The second kappa shape index (κ2) is 8.71. The number of nitrogens with one attached hydrogen (secondary N) is 1. The number of halogens is 1. The summed E-state index contributed by atoms with van der Waals surface area (Å²) >= 11 is 6.07. The van der Waals surface area contributed by atoms with E-state index in [4.69, 9.17) is 16.3 Å². The van der Waals surface area contributed by atoms with E-state index in [1.54, 1.807) is 18.2 Å². The Morgan fingerprint density at radius 2 is 1.89 bits per heavy atom. The lowest BCUT2D eigenvalue weighted by Crippen LogP contribution is -2.29. The Hall–Kier alpha value is -3.12. The summed E-state index contributed by atoms with van der Waals surface area (Å²) in [4.78, 5) is 24.4. The van der Waals surface area contributed by atoms with Crippen LogP contribution in [0, 0.1) is 6.92 Å². The summed E-state index contributed by atoms with van der Waals surface area (Å²) in [6, 6.07) is 15.7. The fourth-order valence-electron chi connectivity index (χ4n) is 2.61. The van der Waals surface area contributed by atoms with Crippen molar-refractivity contribution in [3.05, 3.63) is 75.5 Å². The van der Waals surface area contributed by atoms with E-state index in [-0.39, 0.29) is 18.0 Å². The van der Waals surface area contributed by atoms with E-state index in [1.165, 1.54) is 6.07 Å². The van der Waals surface area contributed by atoms with E-state index in [1.807, 2.05) is 44.2 Å². The van der Waals surface area contributed by atoms with Crippen LogP contribution in [0.1, 0.15) is 12.5 Å². The molecule has 1 amide bonds. The van der Waals surface area contributed by atoms with Gasteiger partial charge in [-0.15, -0.1) is 0 Å². The van der Waals surface area contributed by atoms with Crippen LogP contribution >= 0.6 is 11.6 Å². The van der Waals surface area contributed by atoms with Crippen LogP contribution in [0.25, 0.3) is 11.3 Å². The highest BCUT2D eigenvalue weighted by atomic mass is 35.5. The summed E-state index contributed by atoms with van der Waals surface area (Å²) in [6.07, 6.45) is 0. The third-order valence-corrected chi connectivity index (χ3v) is 4.48. The van der Waals surface area contributed by atoms with Crippen molar-refractivity contribution in [3.63, 3.8) is 0 Å². The zero-order valence-corrected chi connectivity index (χ0v) is 16.4. The quantitative estimate of drug-likeness (QED) is 0.684. The zero-order chi connectivity index (χ0) is 20.1. The normalized spacial score (nSPS) is 10.5. The number of rotatable bonds is 6. The van der Waals surface area contributed by atoms with Crippen LogP contribution in [0.3, 0.4) is 0 Å². The molecule has 0 fully saturated rings. The number of aryl methyl sites for hydroxylation is 1. The van der Waals surface area contributed by atoms with Gasteiger partial charge in [0.2, 0.25) is 5.91 Å². The smallest absolute Gasteiger partial charge is 0.267 e. The van der Waals surface area contributed by atoms with Crippen molar-refractivity contribution in [2.75, 3.05) is 11.9 Å². The van der Waals surface area contributed by atoms with E-state index in [2.05, 4.69) is 10.4 Å². The molecule has 0 radical (unpaired) electrons. The minimum Gasteiger partial charge on any atom is -0.494 e. The Labute approximate surface area is 167 Å². The predicted octanol–water partition coefficient (Wildman–Crippen LogP) is 3.91. The van der Waals surface area contributed by atoms with Gasteiger partial charge in [0.1, 0.15) is 12.3 Å². The number of hydrogen-bond donors (Lipinski definition) is 1. The van der Waals surface area contributed by atoms with Crippen molar-refractivity contribution in [1.29, 1.82) is 0 Å². The number of ether oxygens (including phenoxy) is 1. The molecule has 2 aromatic carbocycles. The molecular weight excluding hydrogens is 378 g/mol. The average Bonchev–Trinajstić information content (AvgIpc) is 2.67. The van der Waals surface area contributed by atoms with E-state index >= 15 is 0 Å². The van der Waals surface area contributed by atoms with Gasteiger partial charge in [-0.25, -0.2) is 4.68 Å². The molecule has 0 aliphatic rings. The van der Waals surface area contributed by atoms with Gasteiger partial charge in [-0.05, 0) is 61.9 Å². The van der Waals surface area contributed by atoms with Crippen LogP contribution in [-0.4, -0.2) is 22.3 Å². The van der Waals surface area contributed by atoms with Crippen LogP contribution in [0.15, 0.2) is 59.4 Å².